The van der Waals surface area contributed by atoms with E-state index in [1.54, 1.807) is 30.5 Å². The van der Waals surface area contributed by atoms with Crippen molar-refractivity contribution in [3.63, 3.8) is 0 Å². The molecule has 0 unspecified atom stereocenters. The van der Waals surface area contributed by atoms with Gasteiger partial charge in [0.05, 0.1) is 12.2 Å². The molecule has 0 aliphatic heterocycles. The van der Waals surface area contributed by atoms with Crippen molar-refractivity contribution in [1.29, 1.82) is 0 Å². The predicted molar refractivity (Wildman–Crippen MR) is 88.9 cm³/mol. The molecular formula is C14H12Cl2N2O3S. The summed E-state index contributed by atoms with van der Waals surface area (Å²) in [4.78, 5) is 23.3. The molecular weight excluding hydrogens is 347 g/mol. The molecule has 0 atom stereocenters. The van der Waals surface area contributed by atoms with E-state index in [1.165, 1.54) is 0 Å². The first-order valence-electron chi connectivity index (χ1n) is 6.24. The molecule has 3 N–H and O–H groups in total. The van der Waals surface area contributed by atoms with Gasteiger partial charge in [0.1, 0.15) is 5.00 Å². The van der Waals surface area contributed by atoms with Crippen molar-refractivity contribution in [2.24, 2.45) is 5.73 Å². The van der Waals surface area contributed by atoms with Crippen molar-refractivity contribution in [2.45, 2.75) is 6.92 Å². The van der Waals surface area contributed by atoms with Crippen molar-refractivity contribution in [3.8, 4) is 11.1 Å². The Kier molecular flexibility index (Phi) is 5.28. The first kappa shape index (κ1) is 16.6. The minimum atomic E-state index is -0.672. The van der Waals surface area contributed by atoms with Crippen LogP contribution in [0.2, 0.25) is 10.0 Å². The fourth-order valence-electron chi connectivity index (χ4n) is 1.86. The van der Waals surface area contributed by atoms with Gasteiger partial charge in [-0.2, -0.15) is 0 Å². The molecule has 1 heterocycles. The molecule has 1 aromatic carbocycles. The third kappa shape index (κ3) is 3.52. The molecule has 0 saturated carbocycles. The molecule has 0 fully saturated rings. The number of benzene rings is 1. The summed E-state index contributed by atoms with van der Waals surface area (Å²) in [6, 6.07) is 4.91. The SMILES string of the molecule is CCOC(=O)Nc1scc(-c2ccc(Cl)cc2Cl)c1C(N)=O. The second kappa shape index (κ2) is 7.00. The summed E-state index contributed by atoms with van der Waals surface area (Å²) >= 11 is 13.2. The van der Waals surface area contributed by atoms with Crippen LogP contribution in [0.15, 0.2) is 23.6 Å². The monoisotopic (exact) mass is 358 g/mol. The summed E-state index contributed by atoms with van der Waals surface area (Å²) < 4.78 is 4.80. The Morgan fingerprint density at radius 2 is 2.05 bits per heavy atom. The molecule has 0 saturated heterocycles. The molecule has 8 heteroatoms. The van der Waals surface area contributed by atoms with E-state index in [0.717, 1.165) is 11.3 Å². The summed E-state index contributed by atoms with van der Waals surface area (Å²) in [5.74, 6) is -0.672. The fraction of sp³-hybridized carbons (Fsp3) is 0.143. The number of carbonyl (C=O) groups excluding carboxylic acids is 2. The molecule has 2 aromatic rings. The molecule has 0 radical (unpaired) electrons. The van der Waals surface area contributed by atoms with Gasteiger partial charge in [-0.15, -0.1) is 11.3 Å². The number of halogens is 2. The highest BCUT2D eigenvalue weighted by molar-refractivity contribution is 7.15. The number of carbonyl (C=O) groups is 2. The summed E-state index contributed by atoms with van der Waals surface area (Å²) in [6.07, 6.45) is -0.652. The smallest absolute Gasteiger partial charge is 0.412 e. The van der Waals surface area contributed by atoms with E-state index >= 15 is 0 Å². The molecule has 0 aliphatic carbocycles. The lowest BCUT2D eigenvalue weighted by Crippen LogP contribution is -2.18. The van der Waals surface area contributed by atoms with Gasteiger partial charge in [-0.25, -0.2) is 4.79 Å². The third-order valence-corrected chi connectivity index (χ3v) is 4.19. The van der Waals surface area contributed by atoms with Crippen LogP contribution in [0.3, 0.4) is 0 Å². The normalized spacial score (nSPS) is 10.3. The van der Waals surface area contributed by atoms with Gasteiger partial charge in [0.2, 0.25) is 0 Å². The van der Waals surface area contributed by atoms with Crippen LogP contribution in [-0.4, -0.2) is 18.6 Å². The van der Waals surface area contributed by atoms with E-state index in [9.17, 15) is 9.59 Å². The van der Waals surface area contributed by atoms with E-state index in [4.69, 9.17) is 33.7 Å². The van der Waals surface area contributed by atoms with Crippen LogP contribution in [-0.2, 0) is 4.74 Å². The van der Waals surface area contributed by atoms with E-state index in [-0.39, 0.29) is 12.2 Å². The molecule has 0 aliphatic rings. The lowest BCUT2D eigenvalue weighted by Gasteiger charge is -2.08. The quantitative estimate of drug-likeness (QED) is 0.850. The van der Waals surface area contributed by atoms with Crippen LogP contribution < -0.4 is 11.1 Å². The van der Waals surface area contributed by atoms with Gasteiger partial charge in [0.25, 0.3) is 5.91 Å². The molecule has 0 bridgehead atoms. The van der Waals surface area contributed by atoms with E-state index in [0.29, 0.717) is 26.2 Å². The number of ether oxygens (including phenoxy) is 1. The van der Waals surface area contributed by atoms with E-state index in [2.05, 4.69) is 5.32 Å². The second-order valence-electron chi connectivity index (χ2n) is 4.19. The Labute approximate surface area is 141 Å². The zero-order valence-electron chi connectivity index (χ0n) is 11.5. The summed E-state index contributed by atoms with van der Waals surface area (Å²) in [7, 11) is 0. The maximum absolute atomic E-state index is 11.8. The van der Waals surface area contributed by atoms with Gasteiger partial charge in [-0.1, -0.05) is 29.3 Å². The third-order valence-electron chi connectivity index (χ3n) is 2.75. The van der Waals surface area contributed by atoms with Gasteiger partial charge >= 0.3 is 6.09 Å². The van der Waals surface area contributed by atoms with Crippen LogP contribution in [0.4, 0.5) is 9.80 Å². The Morgan fingerprint density at radius 1 is 1.32 bits per heavy atom. The highest BCUT2D eigenvalue weighted by Crippen LogP contribution is 2.39. The molecule has 2 rings (SSSR count). The van der Waals surface area contributed by atoms with Crippen molar-refractivity contribution >= 4 is 51.5 Å². The molecule has 2 amide bonds. The van der Waals surface area contributed by atoms with Gasteiger partial charge in [0.15, 0.2) is 0 Å². The maximum Gasteiger partial charge on any atom is 0.412 e. The molecule has 5 nitrogen and oxygen atoms in total. The second-order valence-corrected chi connectivity index (χ2v) is 5.91. The number of amides is 2. The number of thiophene rings is 1. The van der Waals surface area contributed by atoms with Crippen molar-refractivity contribution < 1.29 is 14.3 Å². The number of rotatable bonds is 4. The Morgan fingerprint density at radius 3 is 2.64 bits per heavy atom. The zero-order valence-corrected chi connectivity index (χ0v) is 13.8. The first-order chi connectivity index (χ1) is 10.4. The minimum Gasteiger partial charge on any atom is -0.450 e. The Hall–Kier alpha value is -1.76. The average molecular weight is 359 g/mol. The van der Waals surface area contributed by atoms with Gasteiger partial charge < -0.3 is 10.5 Å². The Balaban J connectivity index is 2.47. The van der Waals surface area contributed by atoms with Gasteiger partial charge in [-0.05, 0) is 19.1 Å². The average Bonchev–Trinajstić information content (AvgIpc) is 2.82. The lowest BCUT2D eigenvalue weighted by atomic mass is 10.0. The van der Waals surface area contributed by atoms with Crippen LogP contribution in [0, 0.1) is 0 Å². The highest BCUT2D eigenvalue weighted by Gasteiger charge is 2.21. The minimum absolute atomic E-state index is 0.183. The topological polar surface area (TPSA) is 81.4 Å². The van der Waals surface area contributed by atoms with Crippen LogP contribution in [0.5, 0.6) is 0 Å². The number of hydrogen-bond acceptors (Lipinski definition) is 4. The largest absolute Gasteiger partial charge is 0.450 e. The molecule has 0 spiro atoms. The van der Waals surface area contributed by atoms with Crippen molar-refractivity contribution in [3.05, 3.63) is 39.2 Å². The molecule has 116 valence electrons. The predicted octanol–water partition coefficient (Wildman–Crippen LogP) is 4.39. The number of hydrogen-bond donors (Lipinski definition) is 2. The number of nitrogens with one attached hydrogen (secondary N) is 1. The summed E-state index contributed by atoms with van der Waals surface area (Å²) in [5.41, 5.74) is 6.75. The maximum atomic E-state index is 11.8. The zero-order chi connectivity index (χ0) is 16.3. The lowest BCUT2D eigenvalue weighted by molar-refractivity contribution is 0.100. The summed E-state index contributed by atoms with van der Waals surface area (Å²) in [5, 5.41) is 5.37. The Bertz CT molecular complexity index is 731. The van der Waals surface area contributed by atoms with Crippen LogP contribution >= 0.6 is 34.5 Å². The van der Waals surface area contributed by atoms with Crippen LogP contribution in [0.25, 0.3) is 11.1 Å². The molecule has 1 aromatic heterocycles. The number of nitrogens with two attached hydrogens (primary N) is 1. The number of primary amides is 1. The molecule has 22 heavy (non-hydrogen) atoms. The van der Waals surface area contributed by atoms with Gasteiger partial charge in [0, 0.05) is 26.6 Å². The van der Waals surface area contributed by atoms with Crippen LogP contribution in [0.1, 0.15) is 17.3 Å². The number of anilines is 1. The summed E-state index contributed by atoms with van der Waals surface area (Å²) in [6.45, 7) is 1.90. The van der Waals surface area contributed by atoms with Crippen molar-refractivity contribution in [1.82, 2.24) is 0 Å². The highest BCUT2D eigenvalue weighted by atomic mass is 35.5. The van der Waals surface area contributed by atoms with E-state index < -0.39 is 12.0 Å². The fourth-order valence-corrected chi connectivity index (χ4v) is 3.32. The van der Waals surface area contributed by atoms with E-state index in [1.807, 2.05) is 0 Å². The standard InChI is InChI=1S/C14H12Cl2N2O3S/c1-2-21-14(20)18-13-11(12(17)19)9(6-22-13)8-4-3-7(15)5-10(8)16/h3-6H,2H2,1H3,(H2,17,19)(H,18,20). The van der Waals surface area contributed by atoms with Crippen molar-refractivity contribution in [2.75, 3.05) is 11.9 Å². The first-order valence-corrected chi connectivity index (χ1v) is 7.88. The van der Waals surface area contributed by atoms with Gasteiger partial charge in [-0.3, -0.25) is 10.1 Å².